The van der Waals surface area contributed by atoms with E-state index in [-0.39, 0.29) is 11.5 Å². The second-order valence-electron chi connectivity index (χ2n) is 6.23. The van der Waals surface area contributed by atoms with Crippen molar-refractivity contribution in [1.29, 1.82) is 0 Å². The summed E-state index contributed by atoms with van der Waals surface area (Å²) in [4.78, 5) is 11.9. The first-order valence-corrected chi connectivity index (χ1v) is 9.16. The molecule has 0 aliphatic carbocycles. The first-order valence-electron chi connectivity index (χ1n) is 9.16. The van der Waals surface area contributed by atoms with E-state index >= 15 is 0 Å². The summed E-state index contributed by atoms with van der Waals surface area (Å²) in [5, 5.41) is 18.8. The van der Waals surface area contributed by atoms with Gasteiger partial charge in [0.2, 0.25) is 0 Å². The van der Waals surface area contributed by atoms with Crippen LogP contribution < -0.4 is 9.47 Å². The lowest BCUT2D eigenvalue weighted by Crippen LogP contribution is -2.14. The van der Waals surface area contributed by atoms with Crippen LogP contribution in [0.2, 0.25) is 0 Å². The van der Waals surface area contributed by atoms with Crippen LogP contribution in [-0.2, 0) is 16.0 Å². The molecule has 150 valence electrons. The third-order valence-corrected chi connectivity index (χ3v) is 3.67. The number of carbonyl (C=O) groups excluding carboxylic acids is 1. The number of aliphatic hydroxyl groups is 2. The van der Waals surface area contributed by atoms with Crippen LogP contribution in [-0.4, -0.2) is 35.4 Å². The van der Waals surface area contributed by atoms with Crippen molar-refractivity contribution >= 4 is 12.0 Å². The molecule has 0 radical (unpaired) electrons. The number of benzene rings is 2. The van der Waals surface area contributed by atoms with Crippen LogP contribution in [0.3, 0.4) is 0 Å². The molecule has 0 saturated carbocycles. The Bertz CT molecular complexity index is 768. The van der Waals surface area contributed by atoms with Crippen LogP contribution in [0, 0.1) is 0 Å². The molecule has 0 aliphatic rings. The molecule has 0 spiro atoms. The fourth-order valence-corrected chi connectivity index (χ4v) is 2.49. The quantitative estimate of drug-likeness (QED) is 0.282. The molecule has 2 aromatic carbocycles. The van der Waals surface area contributed by atoms with Gasteiger partial charge in [-0.3, -0.25) is 0 Å². The van der Waals surface area contributed by atoms with E-state index in [0.717, 1.165) is 12.8 Å². The first kappa shape index (κ1) is 21.5. The lowest BCUT2D eigenvalue weighted by atomic mass is 10.1. The topological polar surface area (TPSA) is 85.2 Å². The lowest BCUT2D eigenvalue weighted by Gasteiger charge is -2.16. The molecule has 6 heteroatoms. The van der Waals surface area contributed by atoms with Gasteiger partial charge in [-0.15, -0.1) is 0 Å². The van der Waals surface area contributed by atoms with E-state index in [1.807, 2.05) is 30.3 Å². The predicted molar refractivity (Wildman–Crippen MR) is 106 cm³/mol. The van der Waals surface area contributed by atoms with Crippen molar-refractivity contribution < 1.29 is 29.2 Å². The molecule has 28 heavy (non-hydrogen) atoms. The number of hydrogen-bond donors (Lipinski definition) is 2. The largest absolute Gasteiger partial charge is 0.463 e. The highest BCUT2D eigenvalue weighted by molar-refractivity contribution is 5.87. The summed E-state index contributed by atoms with van der Waals surface area (Å²) in [6.45, 7) is 3.27. The summed E-state index contributed by atoms with van der Waals surface area (Å²) in [7, 11) is 0. The van der Waals surface area contributed by atoms with E-state index in [1.165, 1.54) is 25.5 Å². The zero-order chi connectivity index (χ0) is 20.4. The Morgan fingerprint density at radius 3 is 2.36 bits per heavy atom. The third-order valence-electron chi connectivity index (χ3n) is 3.67. The van der Waals surface area contributed by atoms with Crippen LogP contribution in [0.4, 0.5) is 0 Å². The molecule has 2 N–H and O–H groups in total. The van der Waals surface area contributed by atoms with Gasteiger partial charge < -0.3 is 24.4 Å². The highest BCUT2D eigenvalue weighted by atomic mass is 16.6. The van der Waals surface area contributed by atoms with Gasteiger partial charge in [-0.2, -0.15) is 0 Å². The van der Waals surface area contributed by atoms with Gasteiger partial charge in [-0.25, -0.2) is 4.79 Å². The van der Waals surface area contributed by atoms with Gasteiger partial charge in [-0.1, -0.05) is 36.4 Å². The highest BCUT2D eigenvalue weighted by Crippen LogP contribution is 2.30. The molecule has 2 aromatic rings. The van der Waals surface area contributed by atoms with Crippen LogP contribution in [0.15, 0.2) is 54.6 Å². The second kappa shape index (κ2) is 11.1. The summed E-state index contributed by atoms with van der Waals surface area (Å²) >= 11 is 0. The van der Waals surface area contributed by atoms with E-state index in [2.05, 4.69) is 0 Å². The Morgan fingerprint density at radius 1 is 1.00 bits per heavy atom. The van der Waals surface area contributed by atoms with Gasteiger partial charge in [0.15, 0.2) is 24.1 Å². The summed E-state index contributed by atoms with van der Waals surface area (Å²) in [5.41, 5.74) is 1.87. The zero-order valence-corrected chi connectivity index (χ0v) is 16.1. The maximum Gasteiger partial charge on any atom is 0.330 e. The Hall–Kier alpha value is -2.83. The van der Waals surface area contributed by atoms with E-state index < -0.39 is 18.5 Å². The van der Waals surface area contributed by atoms with E-state index in [4.69, 9.17) is 14.2 Å². The summed E-state index contributed by atoms with van der Waals surface area (Å²) in [5.74, 6) is 0.112. The Balaban J connectivity index is 1.88. The molecule has 0 aromatic heterocycles. The van der Waals surface area contributed by atoms with Crippen molar-refractivity contribution in [2.75, 3.05) is 6.61 Å². The highest BCUT2D eigenvalue weighted by Gasteiger charge is 2.10. The van der Waals surface area contributed by atoms with Crippen LogP contribution in [0.5, 0.6) is 11.5 Å². The van der Waals surface area contributed by atoms with Crippen LogP contribution >= 0.6 is 0 Å². The van der Waals surface area contributed by atoms with Crippen molar-refractivity contribution in [3.8, 4) is 11.5 Å². The van der Waals surface area contributed by atoms with Crippen LogP contribution in [0.1, 0.15) is 31.4 Å². The molecule has 2 rings (SSSR count). The second-order valence-corrected chi connectivity index (χ2v) is 6.23. The fourth-order valence-electron chi connectivity index (χ4n) is 2.49. The molecule has 0 amide bonds. The van der Waals surface area contributed by atoms with E-state index in [9.17, 15) is 15.0 Å². The first-order chi connectivity index (χ1) is 13.4. The van der Waals surface area contributed by atoms with Gasteiger partial charge in [0, 0.05) is 6.08 Å². The Labute approximate surface area is 165 Å². The smallest absolute Gasteiger partial charge is 0.330 e. The SMILES string of the molecule is CC(O)Oc1ccc(/C=C/C(=O)OCCCc2ccccc2)cc1OC(C)O. The van der Waals surface area contributed by atoms with E-state index in [1.54, 1.807) is 24.3 Å². The molecule has 0 heterocycles. The molecule has 0 fully saturated rings. The zero-order valence-electron chi connectivity index (χ0n) is 16.1. The maximum atomic E-state index is 11.9. The molecule has 0 aliphatic heterocycles. The average molecular weight is 386 g/mol. The normalized spacial score (nSPS) is 13.1. The number of esters is 1. The number of aryl methyl sites for hydroxylation is 1. The van der Waals surface area contributed by atoms with Crippen molar-refractivity contribution in [2.24, 2.45) is 0 Å². The Morgan fingerprint density at radius 2 is 1.68 bits per heavy atom. The fraction of sp³-hybridized carbons (Fsp3) is 0.318. The maximum absolute atomic E-state index is 11.9. The molecule has 6 nitrogen and oxygen atoms in total. The predicted octanol–water partition coefficient (Wildman–Crippen LogP) is 3.31. The minimum absolute atomic E-state index is 0.259. The average Bonchev–Trinajstić information content (AvgIpc) is 2.65. The summed E-state index contributed by atoms with van der Waals surface area (Å²) in [6, 6.07) is 14.9. The van der Waals surface area contributed by atoms with Crippen molar-refractivity contribution in [1.82, 2.24) is 0 Å². The monoisotopic (exact) mass is 386 g/mol. The molecule has 0 bridgehead atoms. The van der Waals surface area contributed by atoms with Gasteiger partial charge in [-0.05, 0) is 56.0 Å². The number of hydrogen-bond acceptors (Lipinski definition) is 6. The number of rotatable bonds is 10. The molecular formula is C22H26O6. The van der Waals surface area contributed by atoms with Crippen LogP contribution in [0.25, 0.3) is 6.08 Å². The van der Waals surface area contributed by atoms with Gasteiger partial charge in [0.05, 0.1) is 6.61 Å². The third kappa shape index (κ3) is 7.82. The van der Waals surface area contributed by atoms with Crippen molar-refractivity contribution in [3.63, 3.8) is 0 Å². The number of carbonyl (C=O) groups is 1. The number of ether oxygens (including phenoxy) is 3. The molecule has 2 unspecified atom stereocenters. The molecular weight excluding hydrogens is 360 g/mol. The van der Waals surface area contributed by atoms with Crippen molar-refractivity contribution in [3.05, 3.63) is 65.7 Å². The molecule has 2 atom stereocenters. The Kier molecular flexibility index (Phi) is 8.52. The minimum atomic E-state index is -1.05. The lowest BCUT2D eigenvalue weighted by molar-refractivity contribution is -0.137. The van der Waals surface area contributed by atoms with E-state index in [0.29, 0.717) is 12.2 Å². The van der Waals surface area contributed by atoms with Gasteiger partial charge in [0.1, 0.15) is 0 Å². The standard InChI is InChI=1S/C22H26O6/c1-16(23)27-20-12-10-19(15-21(20)28-17(2)24)11-13-22(25)26-14-6-9-18-7-4-3-5-8-18/h3-5,7-8,10-13,15-17,23-24H,6,9,14H2,1-2H3/b13-11+. The summed E-state index contributed by atoms with van der Waals surface area (Å²) in [6.07, 6.45) is 2.44. The van der Waals surface area contributed by atoms with Crippen molar-refractivity contribution in [2.45, 2.75) is 39.3 Å². The summed E-state index contributed by atoms with van der Waals surface area (Å²) < 4.78 is 15.7. The van der Waals surface area contributed by atoms with Gasteiger partial charge >= 0.3 is 5.97 Å². The molecule has 0 saturated heterocycles. The minimum Gasteiger partial charge on any atom is -0.463 e. The number of aliphatic hydroxyl groups excluding tert-OH is 2. The van der Waals surface area contributed by atoms with Gasteiger partial charge in [0.25, 0.3) is 0 Å².